The Labute approximate surface area is 127 Å². The highest BCUT2D eigenvalue weighted by Gasteiger charge is 2.10. The lowest BCUT2D eigenvalue weighted by molar-refractivity contribution is 0.472. The predicted molar refractivity (Wildman–Crippen MR) is 88.9 cm³/mol. The third kappa shape index (κ3) is 4.61. The molecule has 2 nitrogen and oxygen atoms in total. The number of benzene rings is 2. The predicted octanol–water partition coefficient (Wildman–Crippen LogP) is 3.77. The number of hydrogen-bond donors (Lipinski definition) is 2. The molecule has 112 valence electrons. The van der Waals surface area contributed by atoms with E-state index in [0.717, 1.165) is 19.4 Å². The first-order valence-electron chi connectivity index (χ1n) is 7.66. The quantitative estimate of drug-likeness (QED) is 0.846. The summed E-state index contributed by atoms with van der Waals surface area (Å²) in [7, 11) is 0. The summed E-state index contributed by atoms with van der Waals surface area (Å²) in [5.74, 6) is 0.342. The Hall–Kier alpha value is -1.80. The molecule has 0 heterocycles. The summed E-state index contributed by atoms with van der Waals surface area (Å²) in [6.45, 7) is 7.40. The minimum atomic E-state index is 0.342. The zero-order valence-corrected chi connectivity index (χ0v) is 13.2. The van der Waals surface area contributed by atoms with Crippen molar-refractivity contribution in [3.63, 3.8) is 0 Å². The van der Waals surface area contributed by atoms with Crippen LogP contribution in [0, 0.1) is 13.8 Å². The van der Waals surface area contributed by atoms with E-state index >= 15 is 0 Å². The molecule has 2 rings (SSSR count). The Balaban J connectivity index is 2.09. The molecule has 2 aromatic carbocycles. The molecular formula is C19H25NO. The smallest absolute Gasteiger partial charge is 0.115 e. The molecule has 1 unspecified atom stereocenters. The third-order valence-electron chi connectivity index (χ3n) is 3.94. The Bertz CT molecular complexity index is 592. The molecule has 2 aromatic rings. The van der Waals surface area contributed by atoms with Crippen molar-refractivity contribution in [2.45, 2.75) is 39.7 Å². The summed E-state index contributed by atoms with van der Waals surface area (Å²) in [5.41, 5.74) is 5.22. The fourth-order valence-electron chi connectivity index (χ4n) is 2.69. The normalized spacial score (nSPS) is 12.3. The van der Waals surface area contributed by atoms with E-state index in [4.69, 9.17) is 0 Å². The van der Waals surface area contributed by atoms with Gasteiger partial charge in [-0.2, -0.15) is 0 Å². The topological polar surface area (TPSA) is 32.3 Å². The fraction of sp³-hybridized carbons (Fsp3) is 0.368. The van der Waals surface area contributed by atoms with E-state index in [-0.39, 0.29) is 0 Å². The van der Waals surface area contributed by atoms with E-state index < -0.39 is 0 Å². The zero-order valence-electron chi connectivity index (χ0n) is 13.2. The molecule has 0 spiro atoms. The van der Waals surface area contributed by atoms with Crippen molar-refractivity contribution in [2.24, 2.45) is 0 Å². The van der Waals surface area contributed by atoms with Crippen LogP contribution in [0.4, 0.5) is 0 Å². The van der Waals surface area contributed by atoms with E-state index in [9.17, 15) is 5.11 Å². The molecule has 2 N–H and O–H groups in total. The highest BCUT2D eigenvalue weighted by Crippen LogP contribution is 2.16. The van der Waals surface area contributed by atoms with Gasteiger partial charge in [0.2, 0.25) is 0 Å². The van der Waals surface area contributed by atoms with Gasteiger partial charge in [0.15, 0.2) is 0 Å². The number of aryl methyl sites for hydroxylation is 2. The number of phenols is 1. The molecule has 0 bridgehead atoms. The highest BCUT2D eigenvalue weighted by atomic mass is 16.3. The van der Waals surface area contributed by atoms with Gasteiger partial charge in [0, 0.05) is 6.04 Å². The van der Waals surface area contributed by atoms with Crippen molar-refractivity contribution >= 4 is 0 Å². The summed E-state index contributed by atoms with van der Waals surface area (Å²) < 4.78 is 0. The molecule has 0 saturated heterocycles. The molecule has 0 aliphatic carbocycles. The van der Waals surface area contributed by atoms with Crippen LogP contribution in [0.3, 0.4) is 0 Å². The van der Waals surface area contributed by atoms with Gasteiger partial charge in [-0.15, -0.1) is 0 Å². The van der Waals surface area contributed by atoms with Crippen LogP contribution < -0.4 is 5.32 Å². The molecule has 0 aliphatic rings. The molecule has 0 aliphatic heterocycles. The fourth-order valence-corrected chi connectivity index (χ4v) is 2.69. The SMILES string of the molecule is CCNC(Cc1cccc(O)c1)Cc1ccc(C)c(C)c1. The summed E-state index contributed by atoms with van der Waals surface area (Å²) in [4.78, 5) is 0. The van der Waals surface area contributed by atoms with Crippen molar-refractivity contribution in [3.05, 3.63) is 64.7 Å². The van der Waals surface area contributed by atoms with E-state index in [1.165, 1.54) is 22.3 Å². The number of phenolic OH excluding ortho intramolecular Hbond substituents is 1. The van der Waals surface area contributed by atoms with Crippen LogP contribution in [0.25, 0.3) is 0 Å². The molecular weight excluding hydrogens is 258 g/mol. The van der Waals surface area contributed by atoms with Gasteiger partial charge in [-0.3, -0.25) is 0 Å². The van der Waals surface area contributed by atoms with Gasteiger partial charge in [-0.1, -0.05) is 37.3 Å². The first-order chi connectivity index (χ1) is 10.1. The first-order valence-corrected chi connectivity index (χ1v) is 7.66. The molecule has 0 fully saturated rings. The van der Waals surface area contributed by atoms with Crippen molar-refractivity contribution in [1.29, 1.82) is 0 Å². The molecule has 0 aromatic heterocycles. The van der Waals surface area contributed by atoms with Gasteiger partial charge in [0.05, 0.1) is 0 Å². The number of rotatable bonds is 6. The van der Waals surface area contributed by atoms with Gasteiger partial charge < -0.3 is 10.4 Å². The van der Waals surface area contributed by atoms with Crippen LogP contribution in [0.2, 0.25) is 0 Å². The number of likely N-dealkylation sites (N-methyl/N-ethyl adjacent to an activating group) is 1. The Morgan fingerprint density at radius 1 is 0.952 bits per heavy atom. The highest BCUT2D eigenvalue weighted by molar-refractivity contribution is 5.31. The Morgan fingerprint density at radius 3 is 2.29 bits per heavy atom. The standard InChI is InChI=1S/C19H25NO/c1-4-20-18(11-16-6-5-7-19(21)13-16)12-17-9-8-14(2)15(3)10-17/h5-10,13,18,20-21H,4,11-12H2,1-3H3. The van der Waals surface area contributed by atoms with Crippen molar-refractivity contribution < 1.29 is 5.11 Å². The van der Waals surface area contributed by atoms with E-state index in [2.05, 4.69) is 50.4 Å². The summed E-state index contributed by atoms with van der Waals surface area (Å²) in [6.07, 6.45) is 1.93. The van der Waals surface area contributed by atoms with Crippen LogP contribution in [0.1, 0.15) is 29.2 Å². The average Bonchev–Trinajstić information content (AvgIpc) is 2.43. The Kier molecular flexibility index (Phi) is 5.40. The number of nitrogens with one attached hydrogen (secondary N) is 1. The number of hydrogen-bond acceptors (Lipinski definition) is 2. The van der Waals surface area contributed by atoms with Crippen molar-refractivity contribution in [2.75, 3.05) is 6.54 Å². The summed E-state index contributed by atoms with van der Waals surface area (Å²) in [5, 5.41) is 13.1. The maximum atomic E-state index is 9.59. The molecule has 21 heavy (non-hydrogen) atoms. The maximum Gasteiger partial charge on any atom is 0.115 e. The average molecular weight is 283 g/mol. The number of aromatic hydroxyl groups is 1. The summed E-state index contributed by atoms with van der Waals surface area (Å²) >= 11 is 0. The van der Waals surface area contributed by atoms with Crippen LogP contribution >= 0.6 is 0 Å². The molecule has 1 atom stereocenters. The second kappa shape index (κ2) is 7.28. The largest absolute Gasteiger partial charge is 0.508 e. The van der Waals surface area contributed by atoms with Gasteiger partial charge in [0.25, 0.3) is 0 Å². The van der Waals surface area contributed by atoms with Crippen LogP contribution in [0.15, 0.2) is 42.5 Å². The van der Waals surface area contributed by atoms with Gasteiger partial charge in [0.1, 0.15) is 5.75 Å². The second-order valence-electron chi connectivity index (χ2n) is 5.75. The van der Waals surface area contributed by atoms with Crippen molar-refractivity contribution in [3.8, 4) is 5.75 Å². The molecule has 0 radical (unpaired) electrons. The van der Waals surface area contributed by atoms with Gasteiger partial charge in [-0.05, 0) is 67.6 Å². The lowest BCUT2D eigenvalue weighted by Crippen LogP contribution is -2.33. The molecule has 0 saturated carbocycles. The van der Waals surface area contributed by atoms with Crippen molar-refractivity contribution in [1.82, 2.24) is 5.32 Å². The molecule has 0 amide bonds. The van der Waals surface area contributed by atoms with E-state index in [0.29, 0.717) is 11.8 Å². The van der Waals surface area contributed by atoms with Crippen LogP contribution in [0.5, 0.6) is 5.75 Å². The molecule has 2 heteroatoms. The van der Waals surface area contributed by atoms with Crippen LogP contribution in [-0.2, 0) is 12.8 Å². The first kappa shape index (κ1) is 15.6. The van der Waals surface area contributed by atoms with Crippen LogP contribution in [-0.4, -0.2) is 17.7 Å². The lowest BCUT2D eigenvalue weighted by atomic mass is 9.96. The minimum Gasteiger partial charge on any atom is -0.508 e. The third-order valence-corrected chi connectivity index (χ3v) is 3.94. The minimum absolute atomic E-state index is 0.342. The van der Waals surface area contributed by atoms with Gasteiger partial charge >= 0.3 is 0 Å². The maximum absolute atomic E-state index is 9.59. The summed E-state index contributed by atoms with van der Waals surface area (Å²) in [6, 6.07) is 14.6. The van der Waals surface area contributed by atoms with E-state index in [1.54, 1.807) is 6.07 Å². The Morgan fingerprint density at radius 2 is 1.67 bits per heavy atom. The zero-order chi connectivity index (χ0) is 15.2. The second-order valence-corrected chi connectivity index (χ2v) is 5.75. The van der Waals surface area contributed by atoms with E-state index in [1.807, 2.05) is 12.1 Å². The lowest BCUT2D eigenvalue weighted by Gasteiger charge is -2.19. The monoisotopic (exact) mass is 283 g/mol. The van der Waals surface area contributed by atoms with Gasteiger partial charge in [-0.25, -0.2) is 0 Å².